The molecule has 3 aromatic rings. The molecule has 0 bridgehead atoms. The molecule has 15 nitrogen and oxygen atoms in total. The van der Waals surface area contributed by atoms with Gasteiger partial charge in [0.25, 0.3) is 17.7 Å². The molecule has 2 saturated carbocycles. The van der Waals surface area contributed by atoms with Crippen molar-refractivity contribution >= 4 is 52.6 Å². The summed E-state index contributed by atoms with van der Waals surface area (Å²) in [6.45, 7) is 6.85. The Bertz CT molecular complexity index is 2270. The van der Waals surface area contributed by atoms with Gasteiger partial charge in [-0.15, -0.1) is 10.2 Å². The van der Waals surface area contributed by atoms with Gasteiger partial charge in [-0.2, -0.15) is 5.26 Å². The summed E-state index contributed by atoms with van der Waals surface area (Å²) in [5.74, 6) is -0.713. The topological polar surface area (TPSA) is 181 Å². The Labute approximate surface area is 344 Å². The lowest BCUT2D eigenvalue weighted by Crippen LogP contribution is -2.54. The van der Waals surface area contributed by atoms with Gasteiger partial charge >= 0.3 is 0 Å². The number of hydrogen-bond donors (Lipinski definition) is 2. The number of halogens is 2. The first kappa shape index (κ1) is 38.8. The van der Waals surface area contributed by atoms with Crippen molar-refractivity contribution < 1.29 is 33.1 Å². The van der Waals surface area contributed by atoms with Crippen LogP contribution in [-0.4, -0.2) is 113 Å². The third kappa shape index (κ3) is 7.46. The third-order valence-corrected chi connectivity index (χ3v) is 13.3. The second-order valence-electron chi connectivity index (χ2n) is 16.6. The smallest absolute Gasteiger partial charge is 0.272 e. The number of hydrogen-bond acceptors (Lipinski definition) is 12. The number of benzene rings is 2. The van der Waals surface area contributed by atoms with Crippen LogP contribution < -0.4 is 25.2 Å². The zero-order valence-electron chi connectivity index (χ0n) is 32.4. The number of piperazine rings is 1. The van der Waals surface area contributed by atoms with Crippen LogP contribution in [0.2, 0.25) is 5.02 Å². The van der Waals surface area contributed by atoms with Gasteiger partial charge < -0.3 is 19.9 Å². The Hall–Kier alpha value is -5.66. The summed E-state index contributed by atoms with van der Waals surface area (Å²) < 4.78 is 21.6. The van der Waals surface area contributed by atoms with E-state index in [0.717, 1.165) is 68.6 Å². The minimum Gasteiger partial charge on any atom is -0.490 e. The number of carbonyl (C=O) groups is 5. The van der Waals surface area contributed by atoms with Gasteiger partial charge in [0.15, 0.2) is 11.5 Å². The molecule has 0 spiro atoms. The summed E-state index contributed by atoms with van der Waals surface area (Å²) in [6, 6.07) is 12.3. The van der Waals surface area contributed by atoms with Crippen LogP contribution in [0.5, 0.6) is 5.75 Å². The van der Waals surface area contributed by atoms with E-state index >= 15 is 4.39 Å². The Morgan fingerprint density at radius 3 is 2.37 bits per heavy atom. The van der Waals surface area contributed by atoms with E-state index in [9.17, 15) is 24.0 Å². The van der Waals surface area contributed by atoms with Crippen LogP contribution in [0, 0.1) is 34.9 Å². The van der Waals surface area contributed by atoms with E-state index in [2.05, 4.69) is 37.6 Å². The lowest BCUT2D eigenvalue weighted by molar-refractivity contribution is -0.136. The molecule has 3 saturated heterocycles. The molecule has 6 aliphatic rings. The highest BCUT2D eigenvalue weighted by molar-refractivity contribution is 6.31. The zero-order chi connectivity index (χ0) is 41.1. The van der Waals surface area contributed by atoms with Crippen LogP contribution >= 0.6 is 11.6 Å². The summed E-state index contributed by atoms with van der Waals surface area (Å²) in [7, 11) is 0. The second kappa shape index (κ2) is 15.5. The molecule has 1 unspecified atom stereocenters. The Morgan fingerprint density at radius 2 is 1.71 bits per heavy atom. The quantitative estimate of drug-likeness (QED) is 0.300. The SMILES string of the molecule is C[C@H]1CN(C[C@@H]2[C@H]3CN(c4cc5c(cc4F)C(=O)N(C4CCC(=O)NC4=O)C5=O)C[C@@H]23)CCN1c1ccc(C(=O)N[C@H]2CC[C@H](Oc3ccc(C#N)c(Cl)c3)CC2)nn1. The molecular weight excluding hydrogens is 781 g/mol. The van der Waals surface area contributed by atoms with E-state index < -0.39 is 35.5 Å². The molecule has 5 heterocycles. The minimum absolute atomic E-state index is 0.00286. The average Bonchev–Trinajstić information content (AvgIpc) is 3.52. The largest absolute Gasteiger partial charge is 0.490 e. The normalized spacial score (nSPS) is 27.9. The van der Waals surface area contributed by atoms with Gasteiger partial charge in [-0.25, -0.2) is 4.39 Å². The lowest BCUT2D eigenvalue weighted by Gasteiger charge is -2.40. The lowest BCUT2D eigenvalue weighted by atomic mass is 9.93. The van der Waals surface area contributed by atoms with Crippen molar-refractivity contribution in [3.63, 3.8) is 0 Å². The van der Waals surface area contributed by atoms with Crippen LogP contribution in [0.15, 0.2) is 42.5 Å². The molecule has 9 rings (SSSR count). The molecule has 59 heavy (non-hydrogen) atoms. The van der Waals surface area contributed by atoms with E-state index in [1.165, 1.54) is 6.07 Å². The number of aromatic nitrogens is 2. The minimum atomic E-state index is -1.10. The number of anilines is 2. The first-order valence-corrected chi connectivity index (χ1v) is 20.6. The van der Waals surface area contributed by atoms with Crippen LogP contribution in [-0.2, 0) is 9.59 Å². The number of fused-ring (bicyclic) bond motifs is 2. The van der Waals surface area contributed by atoms with Gasteiger partial charge in [0.1, 0.15) is 23.7 Å². The molecule has 2 N–H and O–H groups in total. The molecule has 306 valence electrons. The summed E-state index contributed by atoms with van der Waals surface area (Å²) in [4.78, 5) is 71.1. The maximum absolute atomic E-state index is 15.5. The van der Waals surface area contributed by atoms with Crippen LogP contribution in [0.4, 0.5) is 15.9 Å². The van der Waals surface area contributed by atoms with Crippen molar-refractivity contribution in [2.45, 2.75) is 69.7 Å². The van der Waals surface area contributed by atoms with Gasteiger partial charge in [0, 0.05) is 63.8 Å². The number of carbonyl (C=O) groups excluding carboxylic acids is 5. The van der Waals surface area contributed by atoms with Crippen molar-refractivity contribution in [1.82, 2.24) is 30.6 Å². The molecule has 1 aromatic heterocycles. The maximum Gasteiger partial charge on any atom is 0.272 e. The van der Waals surface area contributed by atoms with E-state index in [-0.39, 0.29) is 59.4 Å². The Balaban J connectivity index is 0.725. The fraction of sp³-hybridized carbons (Fsp3) is 0.476. The zero-order valence-corrected chi connectivity index (χ0v) is 33.2. The molecule has 4 aliphatic heterocycles. The predicted octanol–water partition coefficient (Wildman–Crippen LogP) is 3.55. The Morgan fingerprint density at radius 1 is 0.966 bits per heavy atom. The van der Waals surface area contributed by atoms with Gasteiger partial charge in [0.05, 0.1) is 33.5 Å². The van der Waals surface area contributed by atoms with Crippen LogP contribution in [0.3, 0.4) is 0 Å². The van der Waals surface area contributed by atoms with Gasteiger partial charge in [0.2, 0.25) is 11.8 Å². The summed E-state index contributed by atoms with van der Waals surface area (Å²) >= 11 is 6.15. The Kier molecular flexibility index (Phi) is 10.2. The molecule has 5 atom stereocenters. The number of amides is 5. The van der Waals surface area contributed by atoms with E-state index in [1.54, 1.807) is 24.3 Å². The fourth-order valence-corrected chi connectivity index (χ4v) is 9.92. The maximum atomic E-state index is 15.5. The molecule has 5 fully saturated rings. The molecular formula is C42H43ClFN9O6. The second-order valence-corrected chi connectivity index (χ2v) is 17.0. The third-order valence-electron chi connectivity index (χ3n) is 13.0. The van der Waals surface area contributed by atoms with Crippen molar-refractivity contribution in [3.8, 4) is 11.8 Å². The fourth-order valence-electron chi connectivity index (χ4n) is 9.71. The highest BCUT2D eigenvalue weighted by Gasteiger charge is 2.56. The standard InChI is InChI=1S/C42H43ClFN9O6/c1-22-18-50(12-13-52(22)37-10-8-34(48-49-37)39(55)46-24-3-6-25(7-4-24)59-26-5-2-23(17-45)32(43)14-26)19-29-30-20-51(21-31(29)30)36-16-28-27(15-33(36)44)41(57)53(42(28)58)35-9-11-38(54)47-40(35)56/h2,5,8,10,14-16,22,24-25,29-31,35H,3-4,6-7,9,11-13,18-21H2,1H3,(H,46,55)(H,47,54,56)/t22-,24-,25-,29-,30-,31+,35?/m0/s1. The number of nitrogens with one attached hydrogen (secondary N) is 2. The van der Waals surface area contributed by atoms with Crippen LogP contribution in [0.25, 0.3) is 0 Å². The molecule has 2 aromatic carbocycles. The van der Waals surface area contributed by atoms with Gasteiger partial charge in [-0.05, 0) is 93.2 Å². The first-order chi connectivity index (χ1) is 28.4. The highest BCUT2D eigenvalue weighted by atomic mass is 35.5. The summed E-state index contributed by atoms with van der Waals surface area (Å²) in [5, 5.41) is 23.5. The van der Waals surface area contributed by atoms with Gasteiger partial charge in [-0.3, -0.25) is 39.1 Å². The van der Waals surface area contributed by atoms with Crippen molar-refractivity contribution in [3.05, 3.63) is 75.7 Å². The predicted molar refractivity (Wildman–Crippen MR) is 211 cm³/mol. The van der Waals surface area contributed by atoms with E-state index in [0.29, 0.717) is 47.2 Å². The van der Waals surface area contributed by atoms with Crippen molar-refractivity contribution in [1.29, 1.82) is 5.26 Å². The van der Waals surface area contributed by atoms with E-state index in [4.69, 9.17) is 21.6 Å². The molecule has 2 aliphatic carbocycles. The number of nitriles is 1. The summed E-state index contributed by atoms with van der Waals surface area (Å²) in [6.07, 6.45) is 3.14. The van der Waals surface area contributed by atoms with Crippen LogP contribution in [0.1, 0.15) is 82.2 Å². The van der Waals surface area contributed by atoms with Crippen molar-refractivity contribution in [2.24, 2.45) is 17.8 Å². The summed E-state index contributed by atoms with van der Waals surface area (Å²) in [5.41, 5.74) is 0.984. The first-order valence-electron chi connectivity index (χ1n) is 20.3. The number of piperidine rings is 2. The monoisotopic (exact) mass is 823 g/mol. The molecule has 5 amide bonds. The molecule has 17 heteroatoms. The van der Waals surface area contributed by atoms with Crippen molar-refractivity contribution in [2.75, 3.05) is 49.1 Å². The van der Waals surface area contributed by atoms with E-state index in [1.807, 2.05) is 17.0 Å². The molecule has 0 radical (unpaired) electrons. The van der Waals surface area contributed by atoms with Gasteiger partial charge in [-0.1, -0.05) is 11.6 Å². The number of imide groups is 2. The number of ether oxygens (including phenoxy) is 1. The highest BCUT2D eigenvalue weighted by Crippen LogP contribution is 2.53. The number of nitrogens with zero attached hydrogens (tertiary/aromatic N) is 7. The number of rotatable bonds is 9. The average molecular weight is 824 g/mol.